The maximum atomic E-state index is 12.8. The number of ether oxygens (including phenoxy) is 2. The van der Waals surface area contributed by atoms with Gasteiger partial charge in [-0.3, -0.25) is 4.79 Å². The number of aryl methyl sites for hydroxylation is 1. The van der Waals surface area contributed by atoms with Crippen LogP contribution < -0.4 is 0 Å². The summed E-state index contributed by atoms with van der Waals surface area (Å²) in [5.41, 5.74) is 1.76. The zero-order valence-electron chi connectivity index (χ0n) is 19.6. The van der Waals surface area contributed by atoms with Crippen molar-refractivity contribution in [3.63, 3.8) is 0 Å². The molecule has 1 heterocycles. The number of fused-ring (bicyclic) bond motifs is 2. The molecule has 7 heteroatoms. The van der Waals surface area contributed by atoms with Crippen LogP contribution in [-0.4, -0.2) is 29.1 Å². The summed E-state index contributed by atoms with van der Waals surface area (Å²) in [7, 11) is 0. The Hall–Kier alpha value is -2.83. The molecule has 1 N–H and O–H groups in total. The first kappa shape index (κ1) is 23.8. The second kappa shape index (κ2) is 8.96. The van der Waals surface area contributed by atoms with Gasteiger partial charge in [-0.05, 0) is 58.9 Å². The summed E-state index contributed by atoms with van der Waals surface area (Å²) in [4.78, 5) is 37.8. The summed E-state index contributed by atoms with van der Waals surface area (Å²) in [5.74, 6) is -2.55. The number of carbonyl (C=O) groups excluding carboxylic acids is 2. The van der Waals surface area contributed by atoms with Gasteiger partial charge >= 0.3 is 17.9 Å². The molecule has 0 saturated heterocycles. The van der Waals surface area contributed by atoms with Gasteiger partial charge in [-0.2, -0.15) is 0 Å². The number of aliphatic carboxylic acids is 1. The van der Waals surface area contributed by atoms with Gasteiger partial charge in [0.1, 0.15) is 23.9 Å². The zero-order chi connectivity index (χ0) is 23.8. The van der Waals surface area contributed by atoms with Crippen molar-refractivity contribution in [2.24, 2.45) is 17.3 Å². The number of carboxylic acids is 1. The summed E-state index contributed by atoms with van der Waals surface area (Å²) in [6.07, 6.45) is 4.59. The van der Waals surface area contributed by atoms with Gasteiger partial charge in [0.05, 0.1) is 6.26 Å². The molecule has 174 valence electrons. The van der Waals surface area contributed by atoms with Crippen molar-refractivity contribution in [3.05, 3.63) is 46.4 Å². The van der Waals surface area contributed by atoms with E-state index in [4.69, 9.17) is 13.9 Å². The molecule has 0 aromatic carbocycles. The van der Waals surface area contributed by atoms with Crippen LogP contribution >= 0.6 is 0 Å². The Balaban J connectivity index is 2.09. The highest BCUT2D eigenvalue weighted by Crippen LogP contribution is 2.60. The third kappa shape index (κ3) is 4.12. The molecule has 0 amide bonds. The fourth-order valence-corrected chi connectivity index (χ4v) is 5.22. The highest BCUT2D eigenvalue weighted by Gasteiger charge is 2.62. The van der Waals surface area contributed by atoms with E-state index in [1.807, 2.05) is 13.8 Å². The van der Waals surface area contributed by atoms with Crippen molar-refractivity contribution in [1.82, 2.24) is 0 Å². The maximum Gasteiger partial charge on any atom is 0.334 e. The Labute approximate surface area is 188 Å². The number of rotatable bonds is 5. The molecule has 7 nitrogen and oxygen atoms in total. The normalized spacial score (nSPS) is 29.4. The maximum absolute atomic E-state index is 12.8. The first-order valence-electron chi connectivity index (χ1n) is 11.0. The van der Waals surface area contributed by atoms with Crippen molar-refractivity contribution < 1.29 is 33.4 Å². The first-order chi connectivity index (χ1) is 15.0. The van der Waals surface area contributed by atoms with Crippen LogP contribution in [0.3, 0.4) is 0 Å². The van der Waals surface area contributed by atoms with E-state index in [9.17, 15) is 19.5 Å². The third-order valence-corrected chi connectivity index (χ3v) is 7.00. The van der Waals surface area contributed by atoms with Gasteiger partial charge in [0.2, 0.25) is 0 Å². The Kier molecular flexibility index (Phi) is 6.67. The number of carbonyl (C=O) groups is 3. The topological polar surface area (TPSA) is 103 Å². The minimum Gasteiger partial charge on any atom is -0.481 e. The van der Waals surface area contributed by atoms with Gasteiger partial charge in [-0.25, -0.2) is 9.59 Å². The average molecular weight is 445 g/mol. The molecule has 0 aliphatic heterocycles. The molecule has 1 aromatic heterocycles. The van der Waals surface area contributed by atoms with Crippen LogP contribution in [-0.2, 0) is 30.3 Å². The van der Waals surface area contributed by atoms with Crippen LogP contribution in [0.5, 0.6) is 0 Å². The minimum absolute atomic E-state index is 0.108. The average Bonchev–Trinajstić information content (AvgIpc) is 3.06. The fraction of sp³-hybridized carbons (Fsp3) is 0.560. The molecule has 0 bridgehead atoms. The summed E-state index contributed by atoms with van der Waals surface area (Å²) >= 11 is 0. The lowest BCUT2D eigenvalue weighted by Gasteiger charge is -2.53. The summed E-state index contributed by atoms with van der Waals surface area (Å²) in [6.45, 7) is 10.7. The molecule has 2 aliphatic rings. The van der Waals surface area contributed by atoms with Crippen molar-refractivity contribution in [2.45, 2.75) is 73.0 Å². The van der Waals surface area contributed by atoms with E-state index in [-0.39, 0.29) is 5.92 Å². The molecule has 0 unspecified atom stereocenters. The van der Waals surface area contributed by atoms with E-state index < -0.39 is 41.4 Å². The molecule has 5 atom stereocenters. The molecule has 2 aliphatic carbocycles. The van der Waals surface area contributed by atoms with Gasteiger partial charge in [-0.1, -0.05) is 18.6 Å². The lowest BCUT2D eigenvalue weighted by Crippen LogP contribution is -2.56. The van der Waals surface area contributed by atoms with Gasteiger partial charge in [0, 0.05) is 29.0 Å². The van der Waals surface area contributed by atoms with E-state index >= 15 is 0 Å². The number of furan rings is 1. The van der Waals surface area contributed by atoms with Crippen LogP contribution in [0.1, 0.15) is 70.5 Å². The van der Waals surface area contributed by atoms with E-state index in [1.165, 1.54) is 6.08 Å². The third-order valence-electron chi connectivity index (χ3n) is 7.00. The number of hydrogen-bond acceptors (Lipinski definition) is 6. The Morgan fingerprint density at radius 1 is 1.19 bits per heavy atom. The molecule has 0 radical (unpaired) electrons. The summed E-state index contributed by atoms with van der Waals surface area (Å²) in [6, 6.07) is 0. The smallest absolute Gasteiger partial charge is 0.334 e. The number of esters is 2. The summed E-state index contributed by atoms with van der Waals surface area (Å²) in [5, 5.41) is 10.3. The number of allylic oxidation sites excluding steroid dienone is 2. The van der Waals surface area contributed by atoms with Gasteiger partial charge in [0.15, 0.2) is 0 Å². The predicted molar refractivity (Wildman–Crippen MR) is 117 cm³/mol. The van der Waals surface area contributed by atoms with Crippen molar-refractivity contribution >= 4 is 17.9 Å². The van der Waals surface area contributed by atoms with E-state index in [0.717, 1.165) is 22.5 Å². The molecule has 32 heavy (non-hydrogen) atoms. The van der Waals surface area contributed by atoms with Crippen LogP contribution in [0.4, 0.5) is 0 Å². The quantitative estimate of drug-likeness (QED) is 0.519. The molecular formula is C25H32O7. The zero-order valence-corrected chi connectivity index (χ0v) is 19.6. The highest BCUT2D eigenvalue weighted by molar-refractivity contribution is 5.88. The predicted octanol–water partition coefficient (Wildman–Crippen LogP) is 4.69. The lowest BCUT2D eigenvalue weighted by atomic mass is 9.53. The second-order valence-electron chi connectivity index (χ2n) is 9.37. The van der Waals surface area contributed by atoms with E-state index in [0.29, 0.717) is 24.8 Å². The minimum atomic E-state index is -1.07. The van der Waals surface area contributed by atoms with Crippen molar-refractivity contribution in [3.8, 4) is 0 Å². The van der Waals surface area contributed by atoms with E-state index in [1.54, 1.807) is 40.0 Å². The van der Waals surface area contributed by atoms with Crippen LogP contribution in [0.25, 0.3) is 0 Å². The second-order valence-corrected chi connectivity index (χ2v) is 9.37. The van der Waals surface area contributed by atoms with Gasteiger partial charge in [-0.15, -0.1) is 0 Å². The number of carboxylic acid groups (broad SMARTS) is 1. The van der Waals surface area contributed by atoms with Gasteiger partial charge < -0.3 is 19.0 Å². The Morgan fingerprint density at radius 2 is 1.88 bits per heavy atom. The van der Waals surface area contributed by atoms with Crippen LogP contribution in [0.15, 0.2) is 34.0 Å². The molecule has 0 spiro atoms. The highest BCUT2D eigenvalue weighted by atomic mass is 16.6. The van der Waals surface area contributed by atoms with Crippen LogP contribution in [0.2, 0.25) is 0 Å². The molecule has 1 fully saturated rings. The monoisotopic (exact) mass is 444 g/mol. The molecule has 3 rings (SSSR count). The standard InChI is InChI=1S/C25H32O7/c1-7-14(4)24(29)32-22-20-15(5)12-30-18(20)11-16-8-9-17(31-19(26)10-13(2)3)21(23(27)28)25(16,22)6/h7,10,12,16-17,21-22H,8-9,11H2,1-6H3,(H,27,28)/b14-7-/t16-,17+,21-,22-,25+/m1/s1. The lowest BCUT2D eigenvalue weighted by molar-refractivity contribution is -0.196. The molecular weight excluding hydrogens is 412 g/mol. The van der Waals surface area contributed by atoms with Crippen molar-refractivity contribution in [1.29, 1.82) is 0 Å². The van der Waals surface area contributed by atoms with Crippen molar-refractivity contribution in [2.75, 3.05) is 0 Å². The fourth-order valence-electron chi connectivity index (χ4n) is 5.22. The largest absolute Gasteiger partial charge is 0.481 e. The number of hydrogen-bond donors (Lipinski definition) is 1. The Morgan fingerprint density at radius 3 is 2.47 bits per heavy atom. The summed E-state index contributed by atoms with van der Waals surface area (Å²) < 4.78 is 17.4. The van der Waals surface area contributed by atoms with Crippen LogP contribution in [0, 0.1) is 24.2 Å². The van der Waals surface area contributed by atoms with E-state index in [2.05, 4.69) is 0 Å². The van der Waals surface area contributed by atoms with Gasteiger partial charge in [0.25, 0.3) is 0 Å². The molecule has 1 aromatic rings. The SMILES string of the molecule is C/C=C(/C)C(=O)O[C@@H]1c2c(C)coc2C[C@H]2CC[C@H](OC(=O)C=C(C)C)[C@H](C(=O)O)[C@]21C. The Bertz CT molecular complexity index is 978. The first-order valence-corrected chi connectivity index (χ1v) is 11.0. The molecule has 1 saturated carbocycles.